The molecule has 0 fully saturated rings. The van der Waals surface area contributed by atoms with Gasteiger partial charge in [-0.2, -0.15) is 0 Å². The third-order valence-corrected chi connectivity index (χ3v) is 3.47. The predicted molar refractivity (Wildman–Crippen MR) is 96.6 cm³/mol. The number of ether oxygens (including phenoxy) is 2. The summed E-state index contributed by atoms with van der Waals surface area (Å²) in [6, 6.07) is 16.3. The van der Waals surface area contributed by atoms with E-state index in [9.17, 15) is 0 Å². The van der Waals surface area contributed by atoms with Crippen LogP contribution in [0.4, 0.5) is 5.69 Å². The molecule has 1 N–H and O–H groups in total. The average molecular weight is 313 g/mol. The number of nitrogens with one attached hydrogen (secondary N) is 1. The second-order valence-corrected chi connectivity index (χ2v) is 6.00. The molecule has 3 heteroatoms. The van der Waals surface area contributed by atoms with E-state index in [4.69, 9.17) is 9.47 Å². The first-order valence-corrected chi connectivity index (χ1v) is 8.36. The minimum atomic E-state index is 0.538. The zero-order chi connectivity index (χ0) is 16.5. The molecule has 0 aliphatic heterocycles. The van der Waals surface area contributed by atoms with Crippen LogP contribution in [-0.2, 0) is 6.42 Å². The maximum atomic E-state index is 5.73. The molecule has 23 heavy (non-hydrogen) atoms. The van der Waals surface area contributed by atoms with Gasteiger partial charge in [0, 0.05) is 12.2 Å². The fourth-order valence-corrected chi connectivity index (χ4v) is 2.12. The molecule has 3 nitrogen and oxygen atoms in total. The molecule has 0 heterocycles. The molecular weight excluding hydrogens is 286 g/mol. The summed E-state index contributed by atoms with van der Waals surface area (Å²) in [5.74, 6) is 2.37. The third kappa shape index (κ3) is 6.23. The number of benzene rings is 2. The van der Waals surface area contributed by atoms with Crippen LogP contribution in [0.15, 0.2) is 48.5 Å². The summed E-state index contributed by atoms with van der Waals surface area (Å²) < 4.78 is 11.4. The van der Waals surface area contributed by atoms with Gasteiger partial charge in [-0.3, -0.25) is 0 Å². The van der Waals surface area contributed by atoms with E-state index in [1.807, 2.05) is 36.4 Å². The van der Waals surface area contributed by atoms with Crippen molar-refractivity contribution in [1.29, 1.82) is 0 Å². The molecule has 0 spiro atoms. The van der Waals surface area contributed by atoms with Crippen LogP contribution in [0.3, 0.4) is 0 Å². The quantitative estimate of drug-likeness (QED) is 0.676. The van der Waals surface area contributed by atoms with Crippen molar-refractivity contribution in [3.63, 3.8) is 0 Å². The van der Waals surface area contributed by atoms with Crippen molar-refractivity contribution < 1.29 is 9.47 Å². The van der Waals surface area contributed by atoms with Gasteiger partial charge in [-0.05, 0) is 54.3 Å². The van der Waals surface area contributed by atoms with Gasteiger partial charge >= 0.3 is 0 Å². The Morgan fingerprint density at radius 2 is 1.48 bits per heavy atom. The van der Waals surface area contributed by atoms with Gasteiger partial charge < -0.3 is 14.8 Å². The molecule has 0 amide bonds. The molecule has 0 radical (unpaired) electrons. The molecule has 0 bridgehead atoms. The summed E-state index contributed by atoms with van der Waals surface area (Å²) in [4.78, 5) is 0. The lowest BCUT2D eigenvalue weighted by molar-refractivity contribution is 0.271. The van der Waals surface area contributed by atoms with Crippen LogP contribution in [0.25, 0.3) is 0 Å². The first-order chi connectivity index (χ1) is 11.2. The Morgan fingerprint density at radius 1 is 0.870 bits per heavy atom. The van der Waals surface area contributed by atoms with E-state index < -0.39 is 0 Å². The van der Waals surface area contributed by atoms with Gasteiger partial charge in [-0.25, -0.2) is 0 Å². The van der Waals surface area contributed by atoms with E-state index in [1.165, 1.54) is 5.56 Å². The smallest absolute Gasteiger partial charge is 0.119 e. The van der Waals surface area contributed by atoms with E-state index in [0.29, 0.717) is 12.5 Å². The van der Waals surface area contributed by atoms with Crippen molar-refractivity contribution in [2.75, 3.05) is 25.1 Å². The number of hydrogen-bond acceptors (Lipinski definition) is 3. The molecule has 0 aliphatic rings. The van der Waals surface area contributed by atoms with Crippen molar-refractivity contribution in [1.82, 2.24) is 0 Å². The van der Waals surface area contributed by atoms with Crippen LogP contribution in [-0.4, -0.2) is 19.8 Å². The van der Waals surface area contributed by atoms with Crippen LogP contribution in [0.5, 0.6) is 11.5 Å². The molecular formula is C20H27NO2. The van der Waals surface area contributed by atoms with Crippen LogP contribution in [0.2, 0.25) is 0 Å². The summed E-state index contributed by atoms with van der Waals surface area (Å²) >= 11 is 0. The van der Waals surface area contributed by atoms with E-state index in [0.717, 1.165) is 36.8 Å². The molecule has 0 aliphatic carbocycles. The van der Waals surface area contributed by atoms with Gasteiger partial charge in [-0.1, -0.05) is 32.9 Å². The molecule has 124 valence electrons. The van der Waals surface area contributed by atoms with E-state index in [-0.39, 0.29) is 0 Å². The molecule has 0 saturated heterocycles. The lowest BCUT2D eigenvalue weighted by Gasteiger charge is -2.11. The number of aryl methyl sites for hydroxylation is 1. The maximum Gasteiger partial charge on any atom is 0.119 e. The largest absolute Gasteiger partial charge is 0.493 e. The highest BCUT2D eigenvalue weighted by Crippen LogP contribution is 2.16. The molecule has 0 unspecified atom stereocenters. The van der Waals surface area contributed by atoms with Crippen LogP contribution in [0.1, 0.15) is 26.3 Å². The van der Waals surface area contributed by atoms with Gasteiger partial charge in [0.05, 0.1) is 6.61 Å². The Hall–Kier alpha value is -2.16. The zero-order valence-electron chi connectivity index (χ0n) is 14.3. The van der Waals surface area contributed by atoms with Gasteiger partial charge in [0.15, 0.2) is 0 Å². The summed E-state index contributed by atoms with van der Waals surface area (Å²) in [5, 5.41) is 3.35. The summed E-state index contributed by atoms with van der Waals surface area (Å²) in [6.07, 6.45) is 1.05. The average Bonchev–Trinajstić information content (AvgIpc) is 2.58. The minimum Gasteiger partial charge on any atom is -0.493 e. The SMILES string of the molecule is CCc1ccc(OCCNc2ccc(OCC(C)C)cc2)cc1. The van der Waals surface area contributed by atoms with Gasteiger partial charge in [0.25, 0.3) is 0 Å². The van der Waals surface area contributed by atoms with Gasteiger partial charge in [-0.15, -0.1) is 0 Å². The van der Waals surface area contributed by atoms with Crippen LogP contribution in [0, 0.1) is 5.92 Å². The Bertz CT molecular complexity index is 561. The second-order valence-electron chi connectivity index (χ2n) is 6.00. The Labute approximate surface area is 139 Å². The normalized spacial score (nSPS) is 10.6. The monoisotopic (exact) mass is 313 g/mol. The van der Waals surface area contributed by atoms with Crippen molar-refractivity contribution in [3.8, 4) is 11.5 Å². The lowest BCUT2D eigenvalue weighted by Crippen LogP contribution is -2.11. The standard InChI is InChI=1S/C20H27NO2/c1-4-17-5-9-19(10-6-17)22-14-13-21-18-7-11-20(12-8-18)23-15-16(2)3/h5-12,16,21H,4,13-15H2,1-3H3. The first kappa shape index (κ1) is 17.2. The topological polar surface area (TPSA) is 30.5 Å². The highest BCUT2D eigenvalue weighted by atomic mass is 16.5. The summed E-state index contributed by atoms with van der Waals surface area (Å²) in [5.41, 5.74) is 2.40. The summed E-state index contributed by atoms with van der Waals surface area (Å²) in [7, 11) is 0. The molecule has 2 aromatic carbocycles. The lowest BCUT2D eigenvalue weighted by atomic mass is 10.2. The minimum absolute atomic E-state index is 0.538. The van der Waals surface area contributed by atoms with Crippen molar-refractivity contribution >= 4 is 5.69 Å². The zero-order valence-corrected chi connectivity index (χ0v) is 14.3. The Kier molecular flexibility index (Phi) is 6.79. The van der Waals surface area contributed by atoms with Crippen molar-refractivity contribution in [2.45, 2.75) is 27.2 Å². The summed E-state index contributed by atoms with van der Waals surface area (Å²) in [6.45, 7) is 8.59. The van der Waals surface area contributed by atoms with Crippen LogP contribution < -0.4 is 14.8 Å². The Balaban J connectivity index is 1.69. The number of rotatable bonds is 9. The van der Waals surface area contributed by atoms with E-state index in [1.54, 1.807) is 0 Å². The maximum absolute atomic E-state index is 5.73. The van der Waals surface area contributed by atoms with Crippen molar-refractivity contribution in [3.05, 3.63) is 54.1 Å². The van der Waals surface area contributed by atoms with Gasteiger partial charge in [0.2, 0.25) is 0 Å². The molecule has 2 aromatic rings. The Morgan fingerprint density at radius 3 is 2.09 bits per heavy atom. The highest BCUT2D eigenvalue weighted by molar-refractivity contribution is 5.46. The molecule has 0 atom stereocenters. The van der Waals surface area contributed by atoms with Gasteiger partial charge in [0.1, 0.15) is 18.1 Å². The van der Waals surface area contributed by atoms with E-state index in [2.05, 4.69) is 38.2 Å². The number of hydrogen-bond donors (Lipinski definition) is 1. The van der Waals surface area contributed by atoms with Crippen molar-refractivity contribution in [2.24, 2.45) is 5.92 Å². The second kappa shape index (κ2) is 9.09. The van der Waals surface area contributed by atoms with Crippen LogP contribution >= 0.6 is 0 Å². The first-order valence-electron chi connectivity index (χ1n) is 8.36. The fourth-order valence-electron chi connectivity index (χ4n) is 2.12. The predicted octanol–water partition coefficient (Wildman–Crippen LogP) is 4.77. The molecule has 0 aromatic heterocycles. The fraction of sp³-hybridized carbons (Fsp3) is 0.400. The number of anilines is 1. The molecule has 2 rings (SSSR count). The van der Waals surface area contributed by atoms with E-state index >= 15 is 0 Å². The highest BCUT2D eigenvalue weighted by Gasteiger charge is 1.98. The third-order valence-electron chi connectivity index (χ3n) is 3.47. The molecule has 0 saturated carbocycles.